The Morgan fingerprint density at radius 2 is 2.19 bits per heavy atom. The summed E-state index contributed by atoms with van der Waals surface area (Å²) < 4.78 is 5.26. The van der Waals surface area contributed by atoms with Gasteiger partial charge in [-0.05, 0) is 32.9 Å². The summed E-state index contributed by atoms with van der Waals surface area (Å²) in [6, 6.07) is 3.50. The molecule has 2 aromatic rings. The lowest BCUT2D eigenvalue weighted by Gasteiger charge is -2.18. The van der Waals surface area contributed by atoms with E-state index in [1.165, 1.54) is 11.3 Å². The summed E-state index contributed by atoms with van der Waals surface area (Å²) in [5, 5.41) is 6.12. The van der Waals surface area contributed by atoms with E-state index in [-0.39, 0.29) is 12.4 Å². The number of thiazole rings is 1. The molecule has 0 unspecified atom stereocenters. The highest BCUT2D eigenvalue weighted by Gasteiger charge is 2.17. The molecule has 21 heavy (non-hydrogen) atoms. The first-order chi connectivity index (χ1) is 9.82. The molecule has 5 nitrogen and oxygen atoms in total. The second kappa shape index (κ2) is 6.41. The number of carbonyl (C=O) groups excluding carboxylic acids is 1. The lowest BCUT2D eigenvalue weighted by atomic mass is 10.2. The number of carbonyl (C=O) groups is 1. The molecule has 0 aliphatic carbocycles. The molecule has 0 saturated heterocycles. The van der Waals surface area contributed by atoms with Crippen molar-refractivity contribution in [3.05, 3.63) is 34.4 Å². The highest BCUT2D eigenvalue weighted by atomic mass is 35.5. The van der Waals surface area contributed by atoms with Crippen LogP contribution < -0.4 is 5.32 Å². The van der Waals surface area contributed by atoms with Gasteiger partial charge in [-0.25, -0.2) is 9.97 Å². The Labute approximate surface area is 132 Å². The van der Waals surface area contributed by atoms with Crippen LogP contribution in [0.2, 0.25) is 5.02 Å². The third-order valence-corrected chi connectivity index (χ3v) is 3.29. The monoisotopic (exact) mass is 325 g/mol. The number of hydrogen-bond acceptors (Lipinski definition) is 6. The van der Waals surface area contributed by atoms with E-state index in [0.29, 0.717) is 21.7 Å². The van der Waals surface area contributed by atoms with Crippen LogP contribution in [0.3, 0.4) is 0 Å². The predicted molar refractivity (Wildman–Crippen MR) is 84.2 cm³/mol. The predicted octanol–water partition coefficient (Wildman–Crippen LogP) is 3.82. The zero-order chi connectivity index (χ0) is 15.5. The number of esters is 1. The third-order valence-electron chi connectivity index (χ3n) is 2.26. The fourth-order valence-corrected chi connectivity index (χ4v) is 2.36. The van der Waals surface area contributed by atoms with Gasteiger partial charge in [0.15, 0.2) is 5.13 Å². The number of aromatic nitrogens is 2. The van der Waals surface area contributed by atoms with Gasteiger partial charge in [0.05, 0.1) is 17.1 Å². The van der Waals surface area contributed by atoms with Gasteiger partial charge in [0.2, 0.25) is 0 Å². The summed E-state index contributed by atoms with van der Waals surface area (Å²) in [7, 11) is 0. The highest BCUT2D eigenvalue weighted by molar-refractivity contribution is 7.13. The number of halogens is 1. The lowest BCUT2D eigenvalue weighted by molar-refractivity contribution is -0.153. The van der Waals surface area contributed by atoms with Crippen LogP contribution in [0.25, 0.3) is 0 Å². The largest absolute Gasteiger partial charge is 0.460 e. The van der Waals surface area contributed by atoms with Crippen LogP contribution in [0.15, 0.2) is 23.7 Å². The Morgan fingerprint density at radius 3 is 2.81 bits per heavy atom. The van der Waals surface area contributed by atoms with Crippen LogP contribution >= 0.6 is 22.9 Å². The number of hydrogen-bond donors (Lipinski definition) is 1. The quantitative estimate of drug-likeness (QED) is 0.866. The number of rotatable bonds is 4. The maximum Gasteiger partial charge on any atom is 0.312 e. The van der Waals surface area contributed by atoms with Crippen molar-refractivity contribution in [2.24, 2.45) is 0 Å². The van der Waals surface area contributed by atoms with Gasteiger partial charge in [0.25, 0.3) is 0 Å². The maximum absolute atomic E-state index is 11.7. The number of ether oxygens (including phenoxy) is 1. The van der Waals surface area contributed by atoms with Crippen molar-refractivity contribution in [3.8, 4) is 0 Å². The molecule has 0 amide bonds. The van der Waals surface area contributed by atoms with Crippen LogP contribution in [0.1, 0.15) is 26.5 Å². The van der Waals surface area contributed by atoms with Crippen molar-refractivity contribution >= 4 is 39.9 Å². The minimum absolute atomic E-state index is 0.156. The summed E-state index contributed by atoms with van der Waals surface area (Å²) >= 11 is 7.18. The fourth-order valence-electron chi connectivity index (χ4n) is 1.53. The highest BCUT2D eigenvalue weighted by Crippen LogP contribution is 2.21. The summed E-state index contributed by atoms with van der Waals surface area (Å²) in [5.41, 5.74) is 0.187. The molecule has 0 atom stereocenters. The standard InChI is InChI=1S/C14H16ClN3O2S/c1-14(2,3)20-12(19)6-10-8-21-13(17-10)18-11-5-4-9(15)7-16-11/h4-5,7-8H,6H2,1-3H3,(H,16,17,18). The number of nitrogens with one attached hydrogen (secondary N) is 1. The molecule has 0 aliphatic heterocycles. The number of anilines is 2. The number of nitrogens with zero attached hydrogens (tertiary/aromatic N) is 2. The smallest absolute Gasteiger partial charge is 0.312 e. The molecule has 0 radical (unpaired) electrons. The molecule has 7 heteroatoms. The summed E-state index contributed by atoms with van der Waals surface area (Å²) in [4.78, 5) is 20.2. The second-order valence-corrected chi connectivity index (χ2v) is 6.69. The van der Waals surface area contributed by atoms with Crippen LogP contribution in [0.4, 0.5) is 10.9 Å². The van der Waals surface area contributed by atoms with Gasteiger partial charge in [0.1, 0.15) is 11.4 Å². The molecule has 112 valence electrons. The fraction of sp³-hybridized carbons (Fsp3) is 0.357. The van der Waals surface area contributed by atoms with E-state index in [9.17, 15) is 4.79 Å². The molecular weight excluding hydrogens is 310 g/mol. The van der Waals surface area contributed by atoms with Crippen LogP contribution in [-0.4, -0.2) is 21.5 Å². The Balaban J connectivity index is 1.95. The van der Waals surface area contributed by atoms with Crippen molar-refractivity contribution in [3.63, 3.8) is 0 Å². The van der Waals surface area contributed by atoms with E-state index in [4.69, 9.17) is 16.3 Å². The molecule has 2 rings (SSSR count). The maximum atomic E-state index is 11.7. The summed E-state index contributed by atoms with van der Waals surface area (Å²) in [5.74, 6) is 0.363. The summed E-state index contributed by atoms with van der Waals surface area (Å²) in [6.07, 6.45) is 1.71. The molecule has 1 N–H and O–H groups in total. The molecule has 0 aromatic carbocycles. The Hall–Kier alpha value is -1.66. The Bertz CT molecular complexity index is 620. The lowest BCUT2D eigenvalue weighted by Crippen LogP contribution is -2.24. The zero-order valence-corrected chi connectivity index (χ0v) is 13.6. The molecule has 0 fully saturated rings. The van der Waals surface area contributed by atoms with E-state index in [1.807, 2.05) is 26.2 Å². The topological polar surface area (TPSA) is 64.1 Å². The minimum Gasteiger partial charge on any atom is -0.460 e. The van der Waals surface area contributed by atoms with Crippen molar-refractivity contribution in [2.75, 3.05) is 5.32 Å². The van der Waals surface area contributed by atoms with Gasteiger partial charge in [-0.15, -0.1) is 11.3 Å². The van der Waals surface area contributed by atoms with E-state index >= 15 is 0 Å². The van der Waals surface area contributed by atoms with Gasteiger partial charge in [0, 0.05) is 11.6 Å². The first-order valence-corrected chi connectivity index (χ1v) is 7.62. The molecule has 2 heterocycles. The molecule has 0 aliphatic rings. The van der Waals surface area contributed by atoms with Crippen molar-refractivity contribution in [2.45, 2.75) is 32.8 Å². The Kier molecular flexibility index (Phi) is 4.80. The van der Waals surface area contributed by atoms with E-state index in [0.717, 1.165) is 0 Å². The SMILES string of the molecule is CC(C)(C)OC(=O)Cc1csc(Nc2ccc(Cl)cn2)n1. The zero-order valence-electron chi connectivity index (χ0n) is 12.0. The van der Waals surface area contributed by atoms with Gasteiger partial charge in [-0.1, -0.05) is 11.6 Å². The van der Waals surface area contributed by atoms with Crippen LogP contribution in [-0.2, 0) is 16.0 Å². The van der Waals surface area contributed by atoms with Gasteiger partial charge in [-0.3, -0.25) is 4.79 Å². The van der Waals surface area contributed by atoms with E-state index in [1.54, 1.807) is 18.3 Å². The first kappa shape index (κ1) is 15.7. The molecular formula is C14H16ClN3O2S. The minimum atomic E-state index is -0.485. The van der Waals surface area contributed by atoms with Crippen molar-refractivity contribution in [1.29, 1.82) is 0 Å². The summed E-state index contributed by atoms with van der Waals surface area (Å²) in [6.45, 7) is 5.52. The Morgan fingerprint density at radius 1 is 1.43 bits per heavy atom. The van der Waals surface area contributed by atoms with Crippen LogP contribution in [0.5, 0.6) is 0 Å². The van der Waals surface area contributed by atoms with Gasteiger partial charge in [-0.2, -0.15) is 0 Å². The van der Waals surface area contributed by atoms with E-state index in [2.05, 4.69) is 15.3 Å². The molecule has 0 saturated carbocycles. The van der Waals surface area contributed by atoms with Gasteiger partial charge >= 0.3 is 5.97 Å². The van der Waals surface area contributed by atoms with Crippen molar-refractivity contribution in [1.82, 2.24) is 9.97 Å². The average molecular weight is 326 g/mol. The third kappa shape index (κ3) is 5.32. The molecule has 2 aromatic heterocycles. The number of pyridine rings is 1. The second-order valence-electron chi connectivity index (χ2n) is 5.39. The van der Waals surface area contributed by atoms with E-state index < -0.39 is 5.60 Å². The first-order valence-electron chi connectivity index (χ1n) is 6.37. The molecule has 0 spiro atoms. The normalized spacial score (nSPS) is 11.2. The van der Waals surface area contributed by atoms with Gasteiger partial charge < -0.3 is 10.1 Å². The van der Waals surface area contributed by atoms with Crippen LogP contribution in [0, 0.1) is 0 Å². The molecule has 0 bridgehead atoms. The average Bonchev–Trinajstić information content (AvgIpc) is 2.77. The van der Waals surface area contributed by atoms with Crippen molar-refractivity contribution < 1.29 is 9.53 Å².